The Morgan fingerprint density at radius 3 is 2.63 bits per heavy atom. The van der Waals surface area contributed by atoms with E-state index in [1.165, 1.54) is 0 Å². The number of aliphatic imine (C=N–C) groups is 1. The van der Waals surface area contributed by atoms with Crippen molar-refractivity contribution < 1.29 is 13.9 Å². The lowest BCUT2D eigenvalue weighted by molar-refractivity contribution is 0.0527. The van der Waals surface area contributed by atoms with E-state index >= 15 is 0 Å². The fourth-order valence-electron chi connectivity index (χ4n) is 2.02. The molecule has 0 bridgehead atoms. The molecule has 156 valence electrons. The van der Waals surface area contributed by atoms with Crippen LogP contribution in [0.1, 0.15) is 53.2 Å². The van der Waals surface area contributed by atoms with Crippen molar-refractivity contribution >= 4 is 36.0 Å². The third-order valence-corrected chi connectivity index (χ3v) is 3.51. The van der Waals surface area contributed by atoms with Crippen molar-refractivity contribution in [3.05, 3.63) is 24.2 Å². The van der Waals surface area contributed by atoms with E-state index in [0.717, 1.165) is 37.5 Å². The van der Waals surface area contributed by atoms with Gasteiger partial charge >= 0.3 is 6.09 Å². The Morgan fingerprint density at radius 1 is 1.30 bits per heavy atom. The van der Waals surface area contributed by atoms with Gasteiger partial charge in [-0.05, 0) is 52.7 Å². The minimum atomic E-state index is -0.479. The number of alkyl carbamates (subject to hydrolysis) is 1. The van der Waals surface area contributed by atoms with Crippen LogP contribution in [0.2, 0.25) is 0 Å². The highest BCUT2D eigenvalue weighted by Gasteiger charge is 2.15. The summed E-state index contributed by atoms with van der Waals surface area (Å²) in [7, 11) is 0. The molecule has 1 aromatic rings. The second kappa shape index (κ2) is 13.7. The minimum absolute atomic E-state index is 0. The van der Waals surface area contributed by atoms with Crippen molar-refractivity contribution in [2.75, 3.05) is 19.6 Å². The maximum Gasteiger partial charge on any atom is 0.407 e. The summed E-state index contributed by atoms with van der Waals surface area (Å²) in [5.41, 5.74) is -0.479. The molecule has 0 fully saturated rings. The van der Waals surface area contributed by atoms with E-state index in [1.807, 2.05) is 32.9 Å². The van der Waals surface area contributed by atoms with Gasteiger partial charge in [0.05, 0.1) is 6.26 Å². The van der Waals surface area contributed by atoms with Crippen molar-refractivity contribution in [3.8, 4) is 0 Å². The summed E-state index contributed by atoms with van der Waals surface area (Å²) in [6.07, 6.45) is 3.84. The van der Waals surface area contributed by atoms with Crippen LogP contribution in [0.5, 0.6) is 0 Å². The average molecular weight is 494 g/mol. The van der Waals surface area contributed by atoms with Crippen LogP contribution in [0.15, 0.2) is 27.8 Å². The fraction of sp³-hybridized carbons (Fsp3) is 0.684. The van der Waals surface area contributed by atoms with Gasteiger partial charge in [-0.15, -0.1) is 24.0 Å². The van der Waals surface area contributed by atoms with Crippen LogP contribution in [-0.4, -0.2) is 43.3 Å². The highest BCUT2D eigenvalue weighted by Crippen LogP contribution is 2.06. The van der Waals surface area contributed by atoms with Crippen molar-refractivity contribution in [1.82, 2.24) is 16.0 Å². The smallest absolute Gasteiger partial charge is 0.407 e. The van der Waals surface area contributed by atoms with Crippen molar-refractivity contribution in [1.29, 1.82) is 0 Å². The first kappa shape index (κ1) is 25.6. The van der Waals surface area contributed by atoms with Crippen LogP contribution >= 0.6 is 24.0 Å². The molecular weight excluding hydrogens is 459 g/mol. The highest BCUT2D eigenvalue weighted by molar-refractivity contribution is 14.0. The van der Waals surface area contributed by atoms with E-state index in [0.29, 0.717) is 19.1 Å². The van der Waals surface area contributed by atoms with Gasteiger partial charge in [0, 0.05) is 32.1 Å². The van der Waals surface area contributed by atoms with Crippen molar-refractivity contribution in [3.63, 3.8) is 0 Å². The molecule has 27 heavy (non-hydrogen) atoms. The molecule has 0 saturated heterocycles. The lowest BCUT2D eigenvalue weighted by atomic mass is 10.2. The third kappa shape index (κ3) is 13.4. The van der Waals surface area contributed by atoms with Gasteiger partial charge in [0.25, 0.3) is 0 Å². The maximum absolute atomic E-state index is 11.6. The van der Waals surface area contributed by atoms with E-state index < -0.39 is 11.7 Å². The SMILES string of the molecule is CCC(C)NC(=NCCCNC(=O)OC(C)(C)C)NCCc1ccco1.I. The molecule has 0 spiro atoms. The molecule has 1 amide bonds. The summed E-state index contributed by atoms with van der Waals surface area (Å²) in [4.78, 5) is 16.2. The summed E-state index contributed by atoms with van der Waals surface area (Å²) in [6, 6.07) is 4.19. The van der Waals surface area contributed by atoms with Gasteiger partial charge in [0.15, 0.2) is 5.96 Å². The molecule has 0 saturated carbocycles. The number of nitrogens with zero attached hydrogens (tertiary/aromatic N) is 1. The quantitative estimate of drug-likeness (QED) is 0.211. The van der Waals surface area contributed by atoms with E-state index in [-0.39, 0.29) is 24.0 Å². The molecule has 1 rings (SSSR count). The molecule has 3 N–H and O–H groups in total. The van der Waals surface area contributed by atoms with Crippen LogP contribution in [0.3, 0.4) is 0 Å². The lowest BCUT2D eigenvalue weighted by Gasteiger charge is -2.19. The van der Waals surface area contributed by atoms with Crippen molar-refractivity contribution in [2.45, 2.75) is 65.5 Å². The number of hydrogen-bond acceptors (Lipinski definition) is 4. The zero-order valence-electron chi connectivity index (χ0n) is 17.1. The van der Waals surface area contributed by atoms with Gasteiger partial charge in [-0.2, -0.15) is 0 Å². The van der Waals surface area contributed by atoms with E-state index in [2.05, 4.69) is 34.8 Å². The summed E-state index contributed by atoms with van der Waals surface area (Å²) in [5.74, 6) is 1.73. The summed E-state index contributed by atoms with van der Waals surface area (Å²) in [5, 5.41) is 9.44. The van der Waals surface area contributed by atoms with Gasteiger partial charge in [-0.1, -0.05) is 6.92 Å². The molecule has 0 radical (unpaired) electrons. The molecule has 0 aliphatic heterocycles. The van der Waals surface area contributed by atoms with Crippen LogP contribution in [0.25, 0.3) is 0 Å². The molecule has 8 heteroatoms. The topological polar surface area (TPSA) is 87.9 Å². The Hall–Kier alpha value is -1.45. The van der Waals surface area contributed by atoms with Gasteiger partial charge in [0.1, 0.15) is 11.4 Å². The van der Waals surface area contributed by atoms with E-state index in [4.69, 9.17) is 9.15 Å². The van der Waals surface area contributed by atoms with Crippen LogP contribution in [-0.2, 0) is 11.2 Å². The Kier molecular flexibility index (Phi) is 12.9. The molecule has 0 aliphatic rings. The number of rotatable bonds is 9. The molecule has 1 heterocycles. The zero-order valence-corrected chi connectivity index (χ0v) is 19.5. The average Bonchev–Trinajstić information content (AvgIpc) is 3.05. The number of hydrogen-bond donors (Lipinski definition) is 3. The standard InChI is InChI=1S/C19H34N4O3.HI/c1-6-15(2)23-17(21-13-10-16-9-7-14-25-16)20-11-8-12-22-18(24)26-19(3,4)5;/h7,9,14-15H,6,8,10-13H2,1-5H3,(H,22,24)(H2,20,21,23);1H. The predicted octanol–water partition coefficient (Wildman–Crippen LogP) is 3.69. The Bertz CT molecular complexity index is 542. The maximum atomic E-state index is 11.6. The monoisotopic (exact) mass is 494 g/mol. The Labute approximate surface area is 180 Å². The van der Waals surface area contributed by atoms with Crippen LogP contribution in [0.4, 0.5) is 4.79 Å². The van der Waals surface area contributed by atoms with E-state index in [9.17, 15) is 4.79 Å². The fourth-order valence-corrected chi connectivity index (χ4v) is 2.02. The Balaban J connectivity index is 0.00000676. The molecule has 7 nitrogen and oxygen atoms in total. The number of ether oxygens (including phenoxy) is 1. The number of nitrogens with one attached hydrogen (secondary N) is 3. The first-order chi connectivity index (χ1) is 12.3. The van der Waals surface area contributed by atoms with Gasteiger partial charge in [0.2, 0.25) is 0 Å². The molecule has 0 aliphatic carbocycles. The first-order valence-electron chi connectivity index (χ1n) is 9.34. The predicted molar refractivity (Wildman–Crippen MR) is 120 cm³/mol. The molecular formula is C19H35IN4O3. The van der Waals surface area contributed by atoms with Crippen LogP contribution < -0.4 is 16.0 Å². The van der Waals surface area contributed by atoms with Gasteiger partial charge in [-0.3, -0.25) is 4.99 Å². The molecule has 0 aromatic carbocycles. The molecule has 1 unspecified atom stereocenters. The normalized spacial score (nSPS) is 12.7. The third-order valence-electron chi connectivity index (χ3n) is 3.51. The Morgan fingerprint density at radius 2 is 2.04 bits per heavy atom. The molecule has 1 aromatic heterocycles. The minimum Gasteiger partial charge on any atom is -0.469 e. The van der Waals surface area contributed by atoms with Gasteiger partial charge in [-0.25, -0.2) is 4.79 Å². The summed E-state index contributed by atoms with van der Waals surface area (Å²) >= 11 is 0. The second-order valence-electron chi connectivity index (χ2n) is 7.22. The number of amides is 1. The molecule has 1 atom stereocenters. The number of guanidine groups is 1. The highest BCUT2D eigenvalue weighted by atomic mass is 127. The van der Waals surface area contributed by atoms with Gasteiger partial charge < -0.3 is 25.1 Å². The summed E-state index contributed by atoms with van der Waals surface area (Å²) in [6.45, 7) is 11.7. The summed E-state index contributed by atoms with van der Waals surface area (Å²) < 4.78 is 10.5. The number of halogens is 1. The number of furan rings is 1. The number of carbonyl (C=O) groups is 1. The first-order valence-corrected chi connectivity index (χ1v) is 9.34. The largest absolute Gasteiger partial charge is 0.469 e. The van der Waals surface area contributed by atoms with Crippen LogP contribution in [0, 0.1) is 0 Å². The van der Waals surface area contributed by atoms with E-state index in [1.54, 1.807) is 6.26 Å². The van der Waals surface area contributed by atoms with Crippen molar-refractivity contribution in [2.24, 2.45) is 4.99 Å². The number of carbonyl (C=O) groups excluding carboxylic acids is 1. The lowest BCUT2D eigenvalue weighted by Crippen LogP contribution is -2.43. The second-order valence-corrected chi connectivity index (χ2v) is 7.22. The zero-order chi connectivity index (χ0) is 19.4.